The second-order valence-electron chi connectivity index (χ2n) is 4.11. The molecule has 0 radical (unpaired) electrons. The predicted octanol–water partition coefficient (Wildman–Crippen LogP) is 4.27. The summed E-state index contributed by atoms with van der Waals surface area (Å²) in [5.41, 5.74) is -1.55. The third-order valence-corrected chi connectivity index (χ3v) is 4.44. The summed E-state index contributed by atoms with van der Waals surface area (Å²) >= 11 is 3.11. The summed E-state index contributed by atoms with van der Waals surface area (Å²) in [7, 11) is -4.10. The number of hydrogen-bond donors (Lipinski definition) is 1. The monoisotopic (exact) mass is 379 g/mol. The highest BCUT2D eigenvalue weighted by Crippen LogP contribution is 2.35. The number of anilines is 1. The van der Waals surface area contributed by atoms with Crippen LogP contribution in [0.2, 0.25) is 0 Å². The predicted molar refractivity (Wildman–Crippen MR) is 76.4 cm³/mol. The van der Waals surface area contributed by atoms with Crippen LogP contribution in [-0.2, 0) is 16.2 Å². The van der Waals surface area contributed by atoms with Crippen molar-refractivity contribution in [3.05, 3.63) is 58.6 Å². The Bertz CT molecular complexity index is 760. The van der Waals surface area contributed by atoms with E-state index >= 15 is 0 Å². The molecule has 2 aromatic rings. The molecule has 0 aliphatic heterocycles. The number of para-hydroxylation sites is 1. The summed E-state index contributed by atoms with van der Waals surface area (Å²) in [5, 5.41) is 0. The molecule has 0 amide bonds. The van der Waals surface area contributed by atoms with E-state index in [1.54, 1.807) is 6.07 Å². The van der Waals surface area contributed by atoms with Crippen molar-refractivity contribution in [3.63, 3.8) is 0 Å². The second-order valence-corrected chi connectivity index (χ2v) is 6.70. The number of sulfonamides is 1. The highest BCUT2D eigenvalue weighted by molar-refractivity contribution is 9.10. The van der Waals surface area contributed by atoms with Gasteiger partial charge in [0, 0.05) is 4.47 Å². The van der Waals surface area contributed by atoms with Gasteiger partial charge in [-0.1, -0.05) is 34.1 Å². The standard InChI is InChI=1S/C13H9BrF3NO2S/c14-9-4-3-5-10(8-9)21(19,20)18-12-7-2-1-6-11(12)13(15,16)17/h1-8,18H. The van der Waals surface area contributed by atoms with E-state index in [1.165, 1.54) is 30.3 Å². The molecule has 0 spiro atoms. The summed E-state index contributed by atoms with van der Waals surface area (Å²) in [5.74, 6) is 0. The van der Waals surface area contributed by atoms with Gasteiger partial charge in [-0.2, -0.15) is 13.2 Å². The van der Waals surface area contributed by atoms with Crippen LogP contribution in [0, 0.1) is 0 Å². The van der Waals surface area contributed by atoms with E-state index in [0.717, 1.165) is 12.1 Å². The molecule has 0 aliphatic rings. The van der Waals surface area contributed by atoms with Gasteiger partial charge in [-0.15, -0.1) is 0 Å². The van der Waals surface area contributed by atoms with Crippen molar-refractivity contribution in [2.75, 3.05) is 4.72 Å². The van der Waals surface area contributed by atoms with Crippen molar-refractivity contribution < 1.29 is 21.6 Å². The second kappa shape index (κ2) is 5.69. The Labute approximate surface area is 128 Å². The molecule has 0 saturated heterocycles. The molecule has 0 unspecified atom stereocenters. The Balaban J connectivity index is 2.43. The van der Waals surface area contributed by atoms with Gasteiger partial charge in [0.25, 0.3) is 10.0 Å². The smallest absolute Gasteiger partial charge is 0.279 e. The van der Waals surface area contributed by atoms with Gasteiger partial charge in [-0.25, -0.2) is 8.42 Å². The van der Waals surface area contributed by atoms with E-state index in [0.29, 0.717) is 4.47 Å². The van der Waals surface area contributed by atoms with Crippen molar-refractivity contribution in [3.8, 4) is 0 Å². The number of nitrogens with one attached hydrogen (secondary N) is 1. The van der Waals surface area contributed by atoms with Crippen molar-refractivity contribution in [2.45, 2.75) is 11.1 Å². The summed E-state index contributed by atoms with van der Waals surface area (Å²) < 4.78 is 65.3. The lowest BCUT2D eigenvalue weighted by atomic mass is 10.2. The average molecular weight is 380 g/mol. The van der Waals surface area contributed by atoms with Gasteiger partial charge < -0.3 is 0 Å². The van der Waals surface area contributed by atoms with Crippen molar-refractivity contribution in [1.82, 2.24) is 0 Å². The number of hydrogen-bond acceptors (Lipinski definition) is 2. The third kappa shape index (κ3) is 3.76. The summed E-state index contributed by atoms with van der Waals surface area (Å²) in [6.45, 7) is 0. The number of rotatable bonds is 3. The van der Waals surface area contributed by atoms with E-state index in [-0.39, 0.29) is 4.90 Å². The van der Waals surface area contributed by atoms with Crippen LogP contribution in [0.25, 0.3) is 0 Å². The molecule has 0 fully saturated rings. The fraction of sp³-hybridized carbons (Fsp3) is 0.0769. The highest BCUT2D eigenvalue weighted by atomic mass is 79.9. The van der Waals surface area contributed by atoms with Gasteiger partial charge in [0.1, 0.15) is 0 Å². The molecule has 2 aromatic carbocycles. The summed E-state index contributed by atoms with van der Waals surface area (Å²) in [6.07, 6.45) is -4.64. The quantitative estimate of drug-likeness (QED) is 0.865. The molecule has 21 heavy (non-hydrogen) atoms. The molecule has 0 saturated carbocycles. The fourth-order valence-corrected chi connectivity index (χ4v) is 3.33. The van der Waals surface area contributed by atoms with Gasteiger partial charge in [0.05, 0.1) is 16.1 Å². The van der Waals surface area contributed by atoms with Gasteiger partial charge in [0.2, 0.25) is 0 Å². The first-order chi connectivity index (χ1) is 9.70. The normalized spacial score (nSPS) is 12.2. The SMILES string of the molecule is O=S(=O)(Nc1ccccc1C(F)(F)F)c1cccc(Br)c1. The molecule has 1 N–H and O–H groups in total. The van der Waals surface area contributed by atoms with Crippen molar-refractivity contribution in [2.24, 2.45) is 0 Å². The van der Waals surface area contributed by atoms with Crippen LogP contribution in [-0.4, -0.2) is 8.42 Å². The molecule has 0 atom stereocenters. The Morgan fingerprint density at radius 1 is 1.00 bits per heavy atom. The Kier molecular flexibility index (Phi) is 4.29. The molecule has 112 valence electrons. The van der Waals surface area contributed by atoms with Crippen molar-refractivity contribution in [1.29, 1.82) is 0 Å². The Morgan fingerprint density at radius 2 is 1.67 bits per heavy atom. The molecule has 0 bridgehead atoms. The largest absolute Gasteiger partial charge is 0.418 e. The fourth-order valence-electron chi connectivity index (χ4n) is 1.66. The van der Waals surface area contributed by atoms with Gasteiger partial charge >= 0.3 is 6.18 Å². The maximum Gasteiger partial charge on any atom is 0.418 e. The number of alkyl halides is 3. The molecule has 8 heteroatoms. The number of benzene rings is 2. The Hall–Kier alpha value is -1.54. The van der Waals surface area contributed by atoms with Gasteiger partial charge in [0.15, 0.2) is 0 Å². The molecule has 0 aliphatic carbocycles. The van der Waals surface area contributed by atoms with E-state index in [2.05, 4.69) is 15.9 Å². The minimum Gasteiger partial charge on any atom is -0.279 e. The maximum atomic E-state index is 12.8. The van der Waals surface area contributed by atoms with Gasteiger partial charge in [-0.3, -0.25) is 4.72 Å². The lowest BCUT2D eigenvalue weighted by molar-refractivity contribution is -0.136. The summed E-state index contributed by atoms with van der Waals surface area (Å²) in [4.78, 5) is -0.131. The van der Waals surface area contributed by atoms with Crippen LogP contribution in [0.4, 0.5) is 18.9 Å². The van der Waals surface area contributed by atoms with Crippen LogP contribution in [0.3, 0.4) is 0 Å². The zero-order chi connectivity index (χ0) is 15.7. The minimum absolute atomic E-state index is 0.131. The first-order valence-electron chi connectivity index (χ1n) is 5.65. The van der Waals surface area contributed by atoms with E-state index in [4.69, 9.17) is 0 Å². The van der Waals surface area contributed by atoms with Crippen molar-refractivity contribution >= 4 is 31.6 Å². The first kappa shape index (κ1) is 15.8. The molecule has 3 nitrogen and oxygen atoms in total. The van der Waals surface area contributed by atoms with Gasteiger partial charge in [-0.05, 0) is 30.3 Å². The van der Waals surface area contributed by atoms with Crippen LogP contribution in [0.15, 0.2) is 57.9 Å². The lowest BCUT2D eigenvalue weighted by Crippen LogP contribution is -2.17. The zero-order valence-electron chi connectivity index (χ0n) is 10.4. The van der Waals surface area contributed by atoms with E-state index in [1.807, 2.05) is 4.72 Å². The molecule has 0 aromatic heterocycles. The topological polar surface area (TPSA) is 46.2 Å². The third-order valence-electron chi connectivity index (χ3n) is 2.58. The first-order valence-corrected chi connectivity index (χ1v) is 7.92. The maximum absolute atomic E-state index is 12.8. The molecule has 2 rings (SSSR count). The van der Waals surface area contributed by atoms with Crippen LogP contribution >= 0.6 is 15.9 Å². The Morgan fingerprint density at radius 3 is 2.29 bits per heavy atom. The minimum atomic E-state index is -4.64. The molecule has 0 heterocycles. The van der Waals surface area contributed by atoms with Crippen LogP contribution in [0.1, 0.15) is 5.56 Å². The zero-order valence-corrected chi connectivity index (χ0v) is 12.8. The van der Waals surface area contributed by atoms with Crippen LogP contribution in [0.5, 0.6) is 0 Å². The molecular weight excluding hydrogens is 371 g/mol. The lowest BCUT2D eigenvalue weighted by Gasteiger charge is -2.14. The highest BCUT2D eigenvalue weighted by Gasteiger charge is 2.34. The molecular formula is C13H9BrF3NO2S. The average Bonchev–Trinajstić information content (AvgIpc) is 2.37. The summed E-state index contributed by atoms with van der Waals surface area (Å²) in [6, 6.07) is 10.1. The van der Waals surface area contributed by atoms with E-state index in [9.17, 15) is 21.6 Å². The van der Waals surface area contributed by atoms with Crippen LogP contribution < -0.4 is 4.72 Å². The number of halogens is 4. The van der Waals surface area contributed by atoms with E-state index < -0.39 is 27.5 Å².